The zero-order valence-electron chi connectivity index (χ0n) is 15.1. The molecule has 1 saturated heterocycles. The van der Waals surface area contributed by atoms with Crippen LogP contribution < -0.4 is 15.1 Å². The van der Waals surface area contributed by atoms with Gasteiger partial charge < -0.3 is 15.1 Å². The average molecular weight is 391 g/mol. The molecule has 2 aromatic heterocycles. The van der Waals surface area contributed by atoms with Crippen molar-refractivity contribution in [2.24, 2.45) is 5.92 Å². The number of rotatable bonds is 4. The Morgan fingerprint density at radius 3 is 2.36 bits per heavy atom. The molecule has 9 heteroatoms. The van der Waals surface area contributed by atoms with E-state index in [0.717, 1.165) is 30.7 Å². The number of hydrogen-bond acceptors (Lipinski definition) is 5. The predicted molar refractivity (Wildman–Crippen MR) is 99.3 cm³/mol. The van der Waals surface area contributed by atoms with Gasteiger partial charge in [0.05, 0.1) is 17.4 Å². The van der Waals surface area contributed by atoms with E-state index in [4.69, 9.17) is 0 Å². The normalized spacial score (nSPS) is 17.5. The van der Waals surface area contributed by atoms with Crippen LogP contribution in [-0.2, 0) is 11.0 Å². The molecule has 1 aliphatic heterocycles. The summed E-state index contributed by atoms with van der Waals surface area (Å²) in [6, 6.07) is 5.74. The lowest BCUT2D eigenvalue weighted by Crippen LogP contribution is -2.46. The summed E-state index contributed by atoms with van der Waals surface area (Å²) in [6.45, 7) is 2.42. The Morgan fingerprint density at radius 2 is 1.75 bits per heavy atom. The zero-order valence-corrected chi connectivity index (χ0v) is 15.1. The average Bonchev–Trinajstić information content (AvgIpc) is 3.54. The van der Waals surface area contributed by atoms with Gasteiger partial charge in [-0.3, -0.25) is 4.79 Å². The molecule has 0 atom stereocenters. The summed E-state index contributed by atoms with van der Waals surface area (Å²) < 4.78 is 38.7. The van der Waals surface area contributed by atoms with Gasteiger partial charge >= 0.3 is 6.18 Å². The van der Waals surface area contributed by atoms with Gasteiger partial charge in [-0.15, -0.1) is 0 Å². The number of hydrogen-bond donors (Lipinski definition) is 1. The molecule has 28 heavy (non-hydrogen) atoms. The van der Waals surface area contributed by atoms with E-state index < -0.39 is 11.7 Å². The minimum atomic E-state index is -4.37. The lowest BCUT2D eigenvalue weighted by atomic mass is 10.2. The van der Waals surface area contributed by atoms with Crippen molar-refractivity contribution in [3.8, 4) is 0 Å². The van der Waals surface area contributed by atoms with Gasteiger partial charge in [0, 0.05) is 38.3 Å². The van der Waals surface area contributed by atoms with Gasteiger partial charge in [-0.25, -0.2) is 9.97 Å². The Balaban J connectivity index is 1.35. The maximum absolute atomic E-state index is 12.9. The van der Waals surface area contributed by atoms with Gasteiger partial charge in [-0.05, 0) is 37.1 Å². The number of nitrogens with one attached hydrogen (secondary N) is 1. The molecule has 2 fully saturated rings. The summed E-state index contributed by atoms with van der Waals surface area (Å²) in [5.74, 6) is 1.01. The van der Waals surface area contributed by atoms with Crippen LogP contribution in [0.5, 0.6) is 0 Å². The Morgan fingerprint density at radius 1 is 1.04 bits per heavy atom. The first-order valence-corrected chi connectivity index (χ1v) is 9.20. The molecule has 2 aromatic rings. The molecule has 1 amide bonds. The van der Waals surface area contributed by atoms with Crippen LogP contribution in [0.3, 0.4) is 0 Å². The van der Waals surface area contributed by atoms with Crippen LogP contribution in [0.1, 0.15) is 18.4 Å². The predicted octanol–water partition coefficient (Wildman–Crippen LogP) is 3.17. The number of pyridine rings is 2. The highest BCUT2D eigenvalue weighted by Crippen LogP contribution is 2.31. The van der Waals surface area contributed by atoms with Crippen LogP contribution in [0.25, 0.3) is 0 Å². The Hall–Kier alpha value is -2.84. The SMILES string of the molecule is O=C(Nc1ccc(N2CCN(c3cc(C(F)(F)F)ccn3)CC2)cn1)C1CC1. The van der Waals surface area contributed by atoms with Crippen molar-refractivity contribution >= 4 is 23.2 Å². The van der Waals surface area contributed by atoms with E-state index in [0.29, 0.717) is 37.8 Å². The van der Waals surface area contributed by atoms with Crippen LogP contribution >= 0.6 is 0 Å². The minimum absolute atomic E-state index is 0.0162. The second-order valence-electron chi connectivity index (χ2n) is 7.04. The summed E-state index contributed by atoms with van der Waals surface area (Å²) in [4.78, 5) is 24.1. The lowest BCUT2D eigenvalue weighted by molar-refractivity contribution is -0.137. The van der Waals surface area contributed by atoms with E-state index in [1.165, 1.54) is 6.20 Å². The largest absolute Gasteiger partial charge is 0.416 e. The molecule has 1 saturated carbocycles. The fourth-order valence-corrected chi connectivity index (χ4v) is 3.18. The summed E-state index contributed by atoms with van der Waals surface area (Å²) in [5.41, 5.74) is 0.231. The number of alkyl halides is 3. The van der Waals surface area contributed by atoms with E-state index in [1.807, 2.05) is 11.0 Å². The molecule has 0 radical (unpaired) electrons. The number of halogens is 3. The van der Waals surface area contributed by atoms with E-state index in [2.05, 4.69) is 20.2 Å². The molecule has 0 aromatic carbocycles. The molecule has 148 valence electrons. The van der Waals surface area contributed by atoms with Crippen molar-refractivity contribution in [3.05, 3.63) is 42.2 Å². The van der Waals surface area contributed by atoms with E-state index in [9.17, 15) is 18.0 Å². The summed E-state index contributed by atoms with van der Waals surface area (Å²) in [5, 5.41) is 2.80. The zero-order chi connectivity index (χ0) is 19.7. The van der Waals surface area contributed by atoms with Crippen molar-refractivity contribution in [1.82, 2.24) is 9.97 Å². The number of piperazine rings is 1. The summed E-state index contributed by atoms with van der Waals surface area (Å²) in [7, 11) is 0. The fraction of sp³-hybridized carbons (Fsp3) is 0.421. The Labute approximate surface area is 160 Å². The monoisotopic (exact) mass is 391 g/mol. The first kappa shape index (κ1) is 18.5. The van der Waals surface area contributed by atoms with Crippen LogP contribution in [0.2, 0.25) is 0 Å². The van der Waals surface area contributed by atoms with Crippen molar-refractivity contribution in [1.29, 1.82) is 0 Å². The highest BCUT2D eigenvalue weighted by atomic mass is 19.4. The highest BCUT2D eigenvalue weighted by Gasteiger charge is 2.32. The third kappa shape index (κ3) is 4.18. The molecule has 2 aliphatic rings. The summed E-state index contributed by atoms with van der Waals surface area (Å²) >= 11 is 0. The van der Waals surface area contributed by atoms with Gasteiger partial charge in [-0.2, -0.15) is 13.2 Å². The Bertz CT molecular complexity index is 843. The molecule has 0 spiro atoms. The summed E-state index contributed by atoms with van der Waals surface area (Å²) in [6.07, 6.45) is 0.412. The molecule has 4 rings (SSSR count). The van der Waals surface area contributed by atoms with Crippen molar-refractivity contribution < 1.29 is 18.0 Å². The molecule has 1 aliphatic carbocycles. The third-order valence-corrected chi connectivity index (χ3v) is 4.99. The first-order valence-electron chi connectivity index (χ1n) is 9.20. The first-order chi connectivity index (χ1) is 13.4. The van der Waals surface area contributed by atoms with Gasteiger partial charge in [0.25, 0.3) is 0 Å². The molecule has 0 unspecified atom stereocenters. The number of nitrogens with zero attached hydrogens (tertiary/aromatic N) is 4. The molecule has 0 bridgehead atoms. The van der Waals surface area contributed by atoms with Gasteiger partial charge in [-0.1, -0.05) is 0 Å². The van der Waals surface area contributed by atoms with Crippen molar-refractivity contribution in [3.63, 3.8) is 0 Å². The number of aromatic nitrogens is 2. The van der Waals surface area contributed by atoms with Crippen LogP contribution in [0.4, 0.5) is 30.5 Å². The maximum Gasteiger partial charge on any atom is 0.416 e. The molecular formula is C19H20F3N5O. The second kappa shape index (κ2) is 7.29. The van der Waals surface area contributed by atoms with E-state index >= 15 is 0 Å². The van der Waals surface area contributed by atoms with Crippen LogP contribution in [-0.4, -0.2) is 42.1 Å². The minimum Gasteiger partial charge on any atom is -0.367 e. The number of carbonyl (C=O) groups excluding carboxylic acids is 1. The second-order valence-corrected chi connectivity index (χ2v) is 7.04. The third-order valence-electron chi connectivity index (χ3n) is 4.99. The van der Waals surface area contributed by atoms with Crippen molar-refractivity contribution in [2.45, 2.75) is 19.0 Å². The smallest absolute Gasteiger partial charge is 0.367 e. The number of amides is 1. The fourth-order valence-electron chi connectivity index (χ4n) is 3.18. The lowest BCUT2D eigenvalue weighted by Gasteiger charge is -2.36. The number of anilines is 3. The van der Waals surface area contributed by atoms with Gasteiger partial charge in [0.15, 0.2) is 0 Å². The van der Waals surface area contributed by atoms with Gasteiger partial charge in [0.2, 0.25) is 5.91 Å². The Kier molecular flexibility index (Phi) is 4.82. The molecule has 1 N–H and O–H groups in total. The van der Waals surface area contributed by atoms with E-state index in [1.54, 1.807) is 12.3 Å². The quantitative estimate of drug-likeness (QED) is 0.868. The number of carbonyl (C=O) groups is 1. The highest BCUT2D eigenvalue weighted by molar-refractivity contribution is 5.93. The van der Waals surface area contributed by atoms with Crippen LogP contribution in [0, 0.1) is 5.92 Å². The van der Waals surface area contributed by atoms with Crippen LogP contribution in [0.15, 0.2) is 36.7 Å². The topological polar surface area (TPSA) is 61.4 Å². The van der Waals surface area contributed by atoms with E-state index in [-0.39, 0.29) is 11.8 Å². The maximum atomic E-state index is 12.9. The standard InChI is InChI=1S/C19H20F3N5O/c20-19(21,22)14-5-6-23-17(11-14)27-9-7-26(8-10-27)15-3-4-16(24-12-15)25-18(28)13-1-2-13/h3-6,11-13H,1-2,7-10H2,(H,24,25,28). The molecule has 3 heterocycles. The molecular weight excluding hydrogens is 371 g/mol. The van der Waals surface area contributed by atoms with Gasteiger partial charge in [0.1, 0.15) is 11.6 Å². The van der Waals surface area contributed by atoms with Crippen molar-refractivity contribution in [2.75, 3.05) is 41.3 Å². The molecule has 6 nitrogen and oxygen atoms in total.